The van der Waals surface area contributed by atoms with E-state index in [9.17, 15) is 9.18 Å². The lowest BCUT2D eigenvalue weighted by atomic mass is 9.82. The molecule has 0 amide bonds. The van der Waals surface area contributed by atoms with Gasteiger partial charge in [-0.1, -0.05) is 30.3 Å². The predicted octanol–water partition coefficient (Wildman–Crippen LogP) is 8.16. The van der Waals surface area contributed by atoms with E-state index in [0.29, 0.717) is 25.0 Å². The lowest BCUT2D eigenvalue weighted by Crippen LogP contribution is -2.28. The molecule has 1 aliphatic carbocycles. The van der Waals surface area contributed by atoms with Gasteiger partial charge in [0, 0.05) is 30.0 Å². The van der Waals surface area contributed by atoms with E-state index >= 15 is 0 Å². The number of carbonyl (C=O) groups excluding carboxylic acids is 1. The number of esters is 1. The van der Waals surface area contributed by atoms with Crippen LogP contribution in [0.5, 0.6) is 0 Å². The standard InChI is InChI=1S/C36H47FN2O5S/c1-36(2,3)44-31(40)25-41-24-27-14-12-26(13-15-27)23-39-34(29-16-18-30(37)19-17-29)33(28-9-5-4-6-10-28)35(38-39)45-22-21-43-32-11-7-8-20-42-32/h4-6,9-10,16-19,26-27,32H,7-8,11-15,20-25H2,1-3H3/t26-,27-,32?. The van der Waals surface area contributed by atoms with Crippen LogP contribution in [-0.4, -0.2) is 59.8 Å². The maximum Gasteiger partial charge on any atom is 0.332 e. The number of ether oxygens (including phenoxy) is 4. The Hall–Kier alpha value is -2.72. The molecule has 244 valence electrons. The van der Waals surface area contributed by atoms with Gasteiger partial charge >= 0.3 is 5.97 Å². The molecule has 5 rings (SSSR count). The number of nitrogens with zero attached hydrogens (tertiary/aromatic N) is 2. The molecule has 1 atom stereocenters. The normalized spacial score (nSPS) is 20.7. The summed E-state index contributed by atoms with van der Waals surface area (Å²) in [6, 6.07) is 17.1. The van der Waals surface area contributed by atoms with E-state index < -0.39 is 5.60 Å². The van der Waals surface area contributed by atoms with Gasteiger partial charge in [0.05, 0.1) is 18.9 Å². The van der Waals surface area contributed by atoms with Gasteiger partial charge in [0.1, 0.15) is 23.1 Å². The zero-order chi connectivity index (χ0) is 31.6. The Balaban J connectivity index is 1.28. The van der Waals surface area contributed by atoms with Crippen LogP contribution in [0, 0.1) is 17.7 Å². The number of halogens is 1. The summed E-state index contributed by atoms with van der Waals surface area (Å²) in [5, 5.41) is 6.16. The minimum Gasteiger partial charge on any atom is -0.458 e. The van der Waals surface area contributed by atoms with Crippen LogP contribution >= 0.6 is 11.8 Å². The van der Waals surface area contributed by atoms with Crippen LogP contribution in [-0.2, 0) is 30.3 Å². The van der Waals surface area contributed by atoms with Crippen molar-refractivity contribution in [1.29, 1.82) is 0 Å². The van der Waals surface area contributed by atoms with Crippen LogP contribution in [0.2, 0.25) is 0 Å². The molecule has 0 bridgehead atoms. The van der Waals surface area contributed by atoms with E-state index in [0.717, 1.165) is 91.3 Å². The number of hydrogen-bond acceptors (Lipinski definition) is 7. The molecule has 0 N–H and O–H groups in total. The molecular weight excluding hydrogens is 591 g/mol. The van der Waals surface area contributed by atoms with Crippen molar-refractivity contribution in [3.05, 3.63) is 60.4 Å². The van der Waals surface area contributed by atoms with Crippen molar-refractivity contribution in [2.75, 3.05) is 32.2 Å². The zero-order valence-corrected chi connectivity index (χ0v) is 27.7. The molecule has 45 heavy (non-hydrogen) atoms. The molecule has 1 saturated carbocycles. The topological polar surface area (TPSA) is 71.8 Å². The quantitative estimate of drug-likeness (QED) is 0.106. The first-order valence-electron chi connectivity index (χ1n) is 16.3. The monoisotopic (exact) mass is 638 g/mol. The highest BCUT2D eigenvalue weighted by atomic mass is 32.2. The van der Waals surface area contributed by atoms with E-state index in [2.05, 4.69) is 16.8 Å². The van der Waals surface area contributed by atoms with Crippen LogP contribution < -0.4 is 0 Å². The van der Waals surface area contributed by atoms with Crippen molar-refractivity contribution < 1.29 is 28.1 Å². The summed E-state index contributed by atoms with van der Waals surface area (Å²) >= 11 is 1.70. The first-order valence-corrected chi connectivity index (χ1v) is 17.3. The highest BCUT2D eigenvalue weighted by Crippen LogP contribution is 2.41. The number of thioether (sulfide) groups is 1. The molecule has 1 saturated heterocycles. The van der Waals surface area contributed by atoms with Gasteiger partial charge in [-0.2, -0.15) is 5.10 Å². The molecule has 2 heterocycles. The lowest BCUT2D eigenvalue weighted by molar-refractivity contribution is -0.160. The Bertz CT molecular complexity index is 1340. The fourth-order valence-electron chi connectivity index (χ4n) is 6.10. The van der Waals surface area contributed by atoms with Crippen LogP contribution in [0.1, 0.15) is 65.7 Å². The number of rotatable bonds is 13. The van der Waals surface area contributed by atoms with E-state index in [-0.39, 0.29) is 24.7 Å². The summed E-state index contributed by atoms with van der Waals surface area (Å²) < 4.78 is 39.0. The van der Waals surface area contributed by atoms with Gasteiger partial charge in [-0.3, -0.25) is 4.68 Å². The average Bonchev–Trinajstić information content (AvgIpc) is 3.38. The van der Waals surface area contributed by atoms with Gasteiger partial charge in [-0.05, 0) is 107 Å². The van der Waals surface area contributed by atoms with Crippen molar-refractivity contribution in [3.63, 3.8) is 0 Å². The highest BCUT2D eigenvalue weighted by molar-refractivity contribution is 7.99. The number of aromatic nitrogens is 2. The summed E-state index contributed by atoms with van der Waals surface area (Å²) in [5.74, 6) is 1.07. The molecule has 1 unspecified atom stereocenters. The average molecular weight is 639 g/mol. The second kappa shape index (κ2) is 16.2. The van der Waals surface area contributed by atoms with E-state index in [1.807, 2.05) is 51.1 Å². The molecule has 2 aliphatic rings. The van der Waals surface area contributed by atoms with E-state index in [1.54, 1.807) is 11.8 Å². The van der Waals surface area contributed by atoms with Crippen LogP contribution in [0.3, 0.4) is 0 Å². The summed E-state index contributed by atoms with van der Waals surface area (Å²) in [6.07, 6.45) is 7.27. The molecule has 2 fully saturated rings. The maximum absolute atomic E-state index is 14.0. The molecule has 3 aromatic rings. The second-order valence-electron chi connectivity index (χ2n) is 13.1. The highest BCUT2D eigenvalue weighted by Gasteiger charge is 2.27. The molecule has 7 nitrogen and oxygen atoms in total. The Morgan fingerprint density at radius 3 is 2.40 bits per heavy atom. The third kappa shape index (κ3) is 10.1. The van der Waals surface area contributed by atoms with Crippen LogP contribution in [0.4, 0.5) is 4.39 Å². The molecule has 0 spiro atoms. The summed E-state index contributed by atoms with van der Waals surface area (Å²) in [4.78, 5) is 12.0. The smallest absolute Gasteiger partial charge is 0.332 e. The SMILES string of the molecule is CC(C)(C)OC(=O)COC[C@H]1CC[C@H](Cn2nc(SCCOC3CCCCO3)c(-c3ccccc3)c2-c2ccc(F)cc2)CC1. The van der Waals surface area contributed by atoms with Crippen molar-refractivity contribution in [2.45, 2.75) is 89.2 Å². The zero-order valence-electron chi connectivity index (χ0n) is 26.8. The van der Waals surface area contributed by atoms with Crippen LogP contribution in [0.15, 0.2) is 59.6 Å². The fraction of sp³-hybridized carbons (Fsp3) is 0.556. The molecule has 1 aromatic heterocycles. The summed E-state index contributed by atoms with van der Waals surface area (Å²) in [7, 11) is 0. The number of benzene rings is 2. The van der Waals surface area contributed by atoms with Crippen molar-refractivity contribution in [2.24, 2.45) is 11.8 Å². The molecule has 9 heteroatoms. The van der Waals surface area contributed by atoms with Gasteiger partial charge in [0.25, 0.3) is 0 Å². The van der Waals surface area contributed by atoms with Gasteiger partial charge in [-0.25, -0.2) is 9.18 Å². The van der Waals surface area contributed by atoms with Crippen LogP contribution in [0.25, 0.3) is 22.4 Å². The predicted molar refractivity (Wildman–Crippen MR) is 175 cm³/mol. The largest absolute Gasteiger partial charge is 0.458 e. The lowest BCUT2D eigenvalue weighted by Gasteiger charge is -2.29. The summed E-state index contributed by atoms with van der Waals surface area (Å²) in [5.41, 5.74) is 3.63. The van der Waals surface area contributed by atoms with Gasteiger partial charge in [-0.15, -0.1) is 11.8 Å². The minimum absolute atomic E-state index is 0.00700. The molecule has 2 aromatic carbocycles. The summed E-state index contributed by atoms with van der Waals surface area (Å²) in [6.45, 7) is 8.28. The second-order valence-corrected chi connectivity index (χ2v) is 14.2. The fourth-order valence-corrected chi connectivity index (χ4v) is 6.99. The Labute approximate surface area is 271 Å². The Kier molecular flexibility index (Phi) is 12.1. The van der Waals surface area contributed by atoms with E-state index in [4.69, 9.17) is 24.0 Å². The number of carbonyl (C=O) groups is 1. The molecular formula is C36H47FN2O5S. The third-order valence-corrected chi connectivity index (χ3v) is 9.19. The van der Waals surface area contributed by atoms with E-state index in [1.165, 1.54) is 12.1 Å². The third-order valence-electron chi connectivity index (χ3n) is 8.26. The Morgan fingerprint density at radius 2 is 1.71 bits per heavy atom. The van der Waals surface area contributed by atoms with Crippen molar-refractivity contribution in [1.82, 2.24) is 9.78 Å². The first kappa shape index (κ1) is 33.6. The van der Waals surface area contributed by atoms with Crippen molar-refractivity contribution >= 4 is 17.7 Å². The molecule has 0 radical (unpaired) electrons. The van der Waals surface area contributed by atoms with Gasteiger partial charge in [0.15, 0.2) is 6.29 Å². The number of hydrogen-bond donors (Lipinski definition) is 0. The Morgan fingerprint density at radius 1 is 0.978 bits per heavy atom. The van der Waals surface area contributed by atoms with Crippen molar-refractivity contribution in [3.8, 4) is 22.4 Å². The minimum atomic E-state index is -0.506. The molecule has 1 aliphatic heterocycles. The first-order chi connectivity index (χ1) is 21.7. The maximum atomic E-state index is 14.0. The van der Waals surface area contributed by atoms with Gasteiger partial charge in [0.2, 0.25) is 0 Å². The van der Waals surface area contributed by atoms with Gasteiger partial charge < -0.3 is 18.9 Å².